The second-order valence-corrected chi connectivity index (χ2v) is 5.49. The highest BCUT2D eigenvalue weighted by Crippen LogP contribution is 2.17. The summed E-state index contributed by atoms with van der Waals surface area (Å²) < 4.78 is 20.3. The number of thioether (sulfide) groups is 1. The number of anilines is 1. The summed E-state index contributed by atoms with van der Waals surface area (Å²) in [4.78, 5) is 11.8. The Morgan fingerprint density at radius 2 is 2.27 bits per heavy atom. The van der Waals surface area contributed by atoms with Gasteiger partial charge >= 0.3 is 0 Å². The maximum absolute atomic E-state index is 13.4. The fourth-order valence-electron chi connectivity index (χ4n) is 1.71. The molecule has 118 valence electrons. The number of nitrogens with zero attached hydrogens (tertiary/aromatic N) is 3. The molecule has 0 bridgehead atoms. The number of halogens is 1. The number of nitrogens with one attached hydrogen (secondary N) is 1. The second kappa shape index (κ2) is 8.50. The summed E-state index contributed by atoms with van der Waals surface area (Å²) in [5.41, 5.74) is 0.195. The maximum Gasteiger partial charge on any atom is 0.225 e. The maximum atomic E-state index is 13.4. The van der Waals surface area contributed by atoms with E-state index >= 15 is 0 Å². The van der Waals surface area contributed by atoms with Crippen molar-refractivity contribution in [2.45, 2.75) is 18.1 Å². The topological polar surface area (TPSA) is 69.0 Å². The zero-order valence-corrected chi connectivity index (χ0v) is 13.0. The van der Waals surface area contributed by atoms with Crippen molar-refractivity contribution in [2.75, 3.05) is 24.8 Å². The fourth-order valence-corrected chi connectivity index (χ4v) is 2.59. The fraction of sp³-hybridized carbons (Fsp3) is 0.357. The van der Waals surface area contributed by atoms with Crippen molar-refractivity contribution in [3.63, 3.8) is 0 Å². The third-order valence-electron chi connectivity index (χ3n) is 2.82. The summed E-state index contributed by atoms with van der Waals surface area (Å²) in [7, 11) is 1.63. The molecule has 0 spiro atoms. The number of methoxy groups -OCH3 is 1. The molecule has 8 heteroatoms. The van der Waals surface area contributed by atoms with E-state index in [9.17, 15) is 9.18 Å². The number of rotatable bonds is 8. The number of carbonyl (C=O) groups excluding carboxylic acids is 1. The van der Waals surface area contributed by atoms with E-state index in [1.54, 1.807) is 25.6 Å². The molecule has 1 amide bonds. The number of hydrogen-bond donors (Lipinski definition) is 1. The Kier molecular flexibility index (Phi) is 6.35. The van der Waals surface area contributed by atoms with Gasteiger partial charge in [0.2, 0.25) is 5.91 Å². The minimum atomic E-state index is -0.442. The molecule has 0 unspecified atom stereocenters. The lowest BCUT2D eigenvalue weighted by Crippen LogP contribution is -2.13. The van der Waals surface area contributed by atoms with Crippen molar-refractivity contribution in [2.24, 2.45) is 0 Å². The van der Waals surface area contributed by atoms with Crippen LogP contribution in [0.25, 0.3) is 0 Å². The van der Waals surface area contributed by atoms with Gasteiger partial charge in [0.1, 0.15) is 12.1 Å². The van der Waals surface area contributed by atoms with Crippen molar-refractivity contribution in [3.05, 3.63) is 36.4 Å². The van der Waals surface area contributed by atoms with Gasteiger partial charge in [0.05, 0.1) is 12.3 Å². The average Bonchev–Trinajstić information content (AvgIpc) is 2.95. The molecule has 2 rings (SSSR count). The van der Waals surface area contributed by atoms with E-state index in [0.717, 1.165) is 5.16 Å². The molecule has 0 fully saturated rings. The predicted octanol–water partition coefficient (Wildman–Crippen LogP) is 2.18. The van der Waals surface area contributed by atoms with Gasteiger partial charge in [-0.15, -0.1) is 10.2 Å². The Hall–Kier alpha value is -1.93. The van der Waals surface area contributed by atoms with Crippen molar-refractivity contribution >= 4 is 23.4 Å². The molecule has 2 aromatic rings. The first-order valence-electron chi connectivity index (χ1n) is 6.74. The quantitative estimate of drug-likeness (QED) is 0.754. The van der Waals surface area contributed by atoms with E-state index in [-0.39, 0.29) is 18.0 Å². The van der Waals surface area contributed by atoms with Gasteiger partial charge in [-0.2, -0.15) is 0 Å². The van der Waals surface area contributed by atoms with Gasteiger partial charge < -0.3 is 14.6 Å². The summed E-state index contributed by atoms with van der Waals surface area (Å²) in [6.45, 7) is 1.23. The zero-order chi connectivity index (χ0) is 15.8. The molecule has 6 nitrogen and oxygen atoms in total. The van der Waals surface area contributed by atoms with Crippen molar-refractivity contribution < 1.29 is 13.9 Å². The Bertz CT molecular complexity index is 620. The first kappa shape index (κ1) is 16.4. The van der Waals surface area contributed by atoms with Gasteiger partial charge in [0.25, 0.3) is 0 Å². The van der Waals surface area contributed by atoms with Gasteiger partial charge in [-0.1, -0.05) is 23.9 Å². The van der Waals surface area contributed by atoms with Crippen LogP contribution in [-0.2, 0) is 16.1 Å². The van der Waals surface area contributed by atoms with Crippen LogP contribution in [0, 0.1) is 5.82 Å². The van der Waals surface area contributed by atoms with E-state index in [1.165, 1.54) is 23.9 Å². The molecule has 0 atom stereocenters. The van der Waals surface area contributed by atoms with Crippen LogP contribution in [0.15, 0.2) is 35.7 Å². The number of para-hydroxylation sites is 1. The summed E-state index contributed by atoms with van der Waals surface area (Å²) in [6, 6.07) is 6.09. The van der Waals surface area contributed by atoms with Crippen LogP contribution in [0.4, 0.5) is 10.1 Å². The number of ether oxygens (including phenoxy) is 1. The SMILES string of the molecule is COCCn1cnnc1SCCC(=O)Nc1ccccc1F. The van der Waals surface area contributed by atoms with Gasteiger partial charge in [-0.25, -0.2) is 4.39 Å². The highest BCUT2D eigenvalue weighted by atomic mass is 32.2. The molecular formula is C14H17FN4O2S. The number of benzene rings is 1. The van der Waals surface area contributed by atoms with Gasteiger partial charge in [-0.3, -0.25) is 4.79 Å². The number of amides is 1. The molecule has 0 aliphatic rings. The minimum Gasteiger partial charge on any atom is -0.383 e. The van der Waals surface area contributed by atoms with Crippen LogP contribution < -0.4 is 5.32 Å². The van der Waals surface area contributed by atoms with Crippen LogP contribution in [0.3, 0.4) is 0 Å². The van der Waals surface area contributed by atoms with Crippen LogP contribution in [0.2, 0.25) is 0 Å². The van der Waals surface area contributed by atoms with E-state index in [4.69, 9.17) is 4.74 Å². The van der Waals surface area contributed by atoms with Gasteiger partial charge in [-0.05, 0) is 12.1 Å². The first-order chi connectivity index (χ1) is 10.7. The molecule has 0 radical (unpaired) electrons. The van der Waals surface area contributed by atoms with Gasteiger partial charge in [0.15, 0.2) is 5.16 Å². The van der Waals surface area contributed by atoms with Gasteiger partial charge in [0, 0.05) is 25.8 Å². The standard InChI is InChI=1S/C14H17FN4O2S/c1-21-8-7-19-10-16-18-14(19)22-9-6-13(20)17-12-5-3-2-4-11(12)15/h2-5,10H,6-9H2,1H3,(H,17,20). The molecule has 0 aliphatic carbocycles. The van der Waals surface area contributed by atoms with Crippen LogP contribution in [0.5, 0.6) is 0 Å². The lowest BCUT2D eigenvalue weighted by Gasteiger charge is -2.07. The Balaban J connectivity index is 1.78. The predicted molar refractivity (Wildman–Crippen MR) is 82.3 cm³/mol. The third-order valence-corrected chi connectivity index (χ3v) is 3.81. The summed E-state index contributed by atoms with van der Waals surface area (Å²) >= 11 is 1.43. The largest absolute Gasteiger partial charge is 0.383 e. The highest BCUT2D eigenvalue weighted by Gasteiger charge is 2.09. The Labute approximate surface area is 132 Å². The monoisotopic (exact) mass is 324 g/mol. The molecule has 0 aliphatic heterocycles. The summed E-state index contributed by atoms with van der Waals surface area (Å²) in [6.07, 6.45) is 1.89. The number of hydrogen-bond acceptors (Lipinski definition) is 5. The van der Waals surface area contributed by atoms with E-state index in [2.05, 4.69) is 15.5 Å². The molecule has 0 saturated carbocycles. The van der Waals surface area contributed by atoms with Crippen LogP contribution in [-0.4, -0.2) is 40.1 Å². The van der Waals surface area contributed by atoms with E-state index < -0.39 is 5.82 Å². The Morgan fingerprint density at radius 1 is 1.45 bits per heavy atom. The number of aromatic nitrogens is 3. The molecule has 1 N–H and O–H groups in total. The minimum absolute atomic E-state index is 0.195. The molecule has 1 heterocycles. The molecule has 22 heavy (non-hydrogen) atoms. The second-order valence-electron chi connectivity index (χ2n) is 4.43. The molecule has 0 saturated heterocycles. The first-order valence-corrected chi connectivity index (χ1v) is 7.73. The zero-order valence-electron chi connectivity index (χ0n) is 12.2. The van der Waals surface area contributed by atoms with Crippen LogP contribution >= 0.6 is 11.8 Å². The molecule has 1 aromatic carbocycles. The molecule has 1 aromatic heterocycles. The molecular weight excluding hydrogens is 307 g/mol. The van der Waals surface area contributed by atoms with Crippen LogP contribution in [0.1, 0.15) is 6.42 Å². The van der Waals surface area contributed by atoms with Crippen molar-refractivity contribution in [1.82, 2.24) is 14.8 Å². The number of carbonyl (C=O) groups is 1. The van der Waals surface area contributed by atoms with Crippen molar-refractivity contribution in [3.8, 4) is 0 Å². The lowest BCUT2D eigenvalue weighted by atomic mass is 10.3. The smallest absolute Gasteiger partial charge is 0.225 e. The summed E-state index contributed by atoms with van der Waals surface area (Å²) in [5.74, 6) is -0.144. The summed E-state index contributed by atoms with van der Waals surface area (Å²) in [5, 5.41) is 11.1. The third kappa shape index (κ3) is 4.81. The lowest BCUT2D eigenvalue weighted by molar-refractivity contribution is -0.115. The van der Waals surface area contributed by atoms with E-state index in [0.29, 0.717) is 18.9 Å². The Morgan fingerprint density at radius 3 is 3.05 bits per heavy atom. The van der Waals surface area contributed by atoms with E-state index in [1.807, 2.05) is 4.57 Å². The highest BCUT2D eigenvalue weighted by molar-refractivity contribution is 7.99. The van der Waals surface area contributed by atoms with Crippen molar-refractivity contribution in [1.29, 1.82) is 0 Å². The average molecular weight is 324 g/mol. The normalized spacial score (nSPS) is 10.6.